The maximum absolute atomic E-state index is 11.9. The molecular formula is C17H18N2O3. The van der Waals surface area contributed by atoms with Gasteiger partial charge in [-0.05, 0) is 67.8 Å². The van der Waals surface area contributed by atoms with Crippen LogP contribution in [0.5, 0.6) is 5.75 Å². The van der Waals surface area contributed by atoms with Crippen LogP contribution < -0.4 is 10.6 Å². The largest absolute Gasteiger partial charge is 0.508 e. The van der Waals surface area contributed by atoms with Gasteiger partial charge in [0.25, 0.3) is 0 Å². The molecule has 2 aromatic carbocycles. The van der Waals surface area contributed by atoms with Gasteiger partial charge in [-0.25, -0.2) is 0 Å². The zero-order valence-corrected chi connectivity index (χ0v) is 12.7. The van der Waals surface area contributed by atoms with Crippen LogP contribution in [0.2, 0.25) is 0 Å². The second kappa shape index (κ2) is 6.30. The van der Waals surface area contributed by atoms with Crippen molar-refractivity contribution in [2.45, 2.75) is 20.8 Å². The Morgan fingerprint density at radius 1 is 0.818 bits per heavy atom. The molecule has 0 heterocycles. The van der Waals surface area contributed by atoms with Crippen molar-refractivity contribution in [3.05, 3.63) is 53.1 Å². The second-order valence-electron chi connectivity index (χ2n) is 5.21. The molecule has 0 aromatic heterocycles. The molecule has 5 nitrogen and oxygen atoms in total. The molecule has 0 bridgehead atoms. The highest BCUT2D eigenvalue weighted by Gasteiger charge is 2.15. The van der Waals surface area contributed by atoms with Crippen LogP contribution in [-0.2, 0) is 9.59 Å². The van der Waals surface area contributed by atoms with Gasteiger partial charge in [-0.15, -0.1) is 0 Å². The summed E-state index contributed by atoms with van der Waals surface area (Å²) in [4.78, 5) is 23.8. The van der Waals surface area contributed by atoms with E-state index in [1.54, 1.807) is 19.1 Å². The molecule has 22 heavy (non-hydrogen) atoms. The van der Waals surface area contributed by atoms with E-state index >= 15 is 0 Å². The second-order valence-corrected chi connectivity index (χ2v) is 5.21. The van der Waals surface area contributed by atoms with Crippen LogP contribution in [0, 0.1) is 20.8 Å². The number of benzene rings is 2. The van der Waals surface area contributed by atoms with Crippen LogP contribution in [0.4, 0.5) is 11.4 Å². The first kappa shape index (κ1) is 15.6. The molecule has 0 fully saturated rings. The lowest BCUT2D eigenvalue weighted by atomic mass is 10.1. The van der Waals surface area contributed by atoms with Gasteiger partial charge in [-0.1, -0.05) is 6.07 Å². The minimum absolute atomic E-state index is 0.107. The highest BCUT2D eigenvalue weighted by molar-refractivity contribution is 6.43. The Kier molecular flexibility index (Phi) is 4.46. The Balaban J connectivity index is 2.05. The summed E-state index contributed by atoms with van der Waals surface area (Å²) in [6.45, 7) is 5.64. The van der Waals surface area contributed by atoms with Crippen LogP contribution in [0.1, 0.15) is 16.7 Å². The van der Waals surface area contributed by atoms with Crippen LogP contribution in [0.25, 0.3) is 0 Å². The lowest BCUT2D eigenvalue weighted by Crippen LogP contribution is -2.29. The third kappa shape index (κ3) is 3.63. The number of aromatic hydroxyl groups is 1. The number of aryl methyl sites for hydroxylation is 3. The summed E-state index contributed by atoms with van der Waals surface area (Å²) in [5.74, 6) is -1.39. The van der Waals surface area contributed by atoms with E-state index in [1.807, 2.05) is 26.0 Å². The third-order valence-electron chi connectivity index (χ3n) is 3.43. The number of hydrogen-bond donors (Lipinski definition) is 3. The number of rotatable bonds is 2. The average Bonchev–Trinajstić information content (AvgIpc) is 2.45. The number of nitrogens with one attached hydrogen (secondary N) is 2. The van der Waals surface area contributed by atoms with E-state index in [2.05, 4.69) is 10.6 Å². The van der Waals surface area contributed by atoms with Gasteiger partial charge in [0.05, 0.1) is 0 Å². The van der Waals surface area contributed by atoms with Crippen molar-refractivity contribution in [3.63, 3.8) is 0 Å². The van der Waals surface area contributed by atoms with Gasteiger partial charge in [-0.3, -0.25) is 9.59 Å². The first-order valence-electron chi connectivity index (χ1n) is 6.86. The molecule has 5 heteroatoms. The SMILES string of the molecule is Cc1ccc(NC(=O)C(=O)Nc2ccc(O)cc2C)cc1C. The lowest BCUT2D eigenvalue weighted by Gasteiger charge is -2.10. The van der Waals surface area contributed by atoms with E-state index in [-0.39, 0.29) is 5.75 Å². The van der Waals surface area contributed by atoms with Crippen LogP contribution in [0.15, 0.2) is 36.4 Å². The number of phenols is 1. The standard InChI is InChI=1S/C17H18N2O3/c1-10-4-5-13(8-11(10)2)18-16(21)17(22)19-15-7-6-14(20)9-12(15)3/h4-9,20H,1-3H3,(H,18,21)(H,19,22). The fourth-order valence-electron chi connectivity index (χ4n) is 1.97. The van der Waals surface area contributed by atoms with Gasteiger partial charge in [0, 0.05) is 11.4 Å². The Hall–Kier alpha value is -2.82. The van der Waals surface area contributed by atoms with E-state index in [0.717, 1.165) is 11.1 Å². The van der Waals surface area contributed by atoms with Crippen molar-refractivity contribution in [1.29, 1.82) is 0 Å². The molecule has 0 aliphatic carbocycles. The van der Waals surface area contributed by atoms with Crippen molar-refractivity contribution in [2.75, 3.05) is 10.6 Å². The Bertz CT molecular complexity index is 739. The van der Waals surface area contributed by atoms with Gasteiger partial charge in [0.15, 0.2) is 0 Å². The number of hydrogen-bond acceptors (Lipinski definition) is 3. The van der Waals surface area contributed by atoms with E-state index in [4.69, 9.17) is 0 Å². The number of carbonyl (C=O) groups is 2. The zero-order valence-electron chi connectivity index (χ0n) is 12.7. The first-order valence-corrected chi connectivity index (χ1v) is 6.86. The van der Waals surface area contributed by atoms with Crippen molar-refractivity contribution in [1.82, 2.24) is 0 Å². The third-order valence-corrected chi connectivity index (χ3v) is 3.43. The van der Waals surface area contributed by atoms with Crippen LogP contribution in [0.3, 0.4) is 0 Å². The fraction of sp³-hybridized carbons (Fsp3) is 0.176. The molecule has 3 N–H and O–H groups in total. The lowest BCUT2D eigenvalue weighted by molar-refractivity contribution is -0.133. The van der Waals surface area contributed by atoms with Gasteiger partial charge in [-0.2, -0.15) is 0 Å². The minimum atomic E-state index is -0.757. The highest BCUT2D eigenvalue weighted by Crippen LogP contribution is 2.20. The molecule has 2 aromatic rings. The topological polar surface area (TPSA) is 78.4 Å². The normalized spacial score (nSPS) is 10.1. The molecule has 0 saturated carbocycles. The molecule has 0 aliphatic rings. The molecule has 114 valence electrons. The van der Waals surface area contributed by atoms with Crippen molar-refractivity contribution in [3.8, 4) is 5.75 Å². The zero-order chi connectivity index (χ0) is 16.3. The first-order chi connectivity index (χ1) is 10.4. The summed E-state index contributed by atoms with van der Waals surface area (Å²) in [6, 6.07) is 9.95. The van der Waals surface area contributed by atoms with E-state index < -0.39 is 11.8 Å². The maximum atomic E-state index is 11.9. The predicted molar refractivity (Wildman–Crippen MR) is 86.0 cm³/mol. The van der Waals surface area contributed by atoms with Crippen molar-refractivity contribution >= 4 is 23.2 Å². The maximum Gasteiger partial charge on any atom is 0.314 e. The van der Waals surface area contributed by atoms with Gasteiger partial charge in [0.2, 0.25) is 0 Å². The molecule has 2 rings (SSSR count). The number of anilines is 2. The Labute approximate surface area is 129 Å². The molecule has 0 radical (unpaired) electrons. The molecule has 0 aliphatic heterocycles. The average molecular weight is 298 g/mol. The van der Waals surface area contributed by atoms with Gasteiger partial charge >= 0.3 is 11.8 Å². The summed E-state index contributed by atoms with van der Waals surface area (Å²) in [5, 5.41) is 14.4. The molecule has 0 spiro atoms. The summed E-state index contributed by atoms with van der Waals surface area (Å²) in [5.41, 5.74) is 3.88. The highest BCUT2D eigenvalue weighted by atomic mass is 16.3. The molecule has 2 amide bonds. The summed E-state index contributed by atoms with van der Waals surface area (Å²) in [7, 11) is 0. The summed E-state index contributed by atoms with van der Waals surface area (Å²) in [6.07, 6.45) is 0. The minimum Gasteiger partial charge on any atom is -0.508 e. The number of carbonyl (C=O) groups excluding carboxylic acids is 2. The van der Waals surface area contributed by atoms with E-state index in [0.29, 0.717) is 16.9 Å². The van der Waals surface area contributed by atoms with E-state index in [1.165, 1.54) is 12.1 Å². The predicted octanol–water partition coefficient (Wildman–Crippen LogP) is 2.89. The molecule has 0 saturated heterocycles. The smallest absolute Gasteiger partial charge is 0.314 e. The summed E-state index contributed by atoms with van der Waals surface area (Å²) >= 11 is 0. The quantitative estimate of drug-likeness (QED) is 0.589. The van der Waals surface area contributed by atoms with Gasteiger partial charge in [0.1, 0.15) is 5.75 Å². The van der Waals surface area contributed by atoms with E-state index in [9.17, 15) is 14.7 Å². The monoisotopic (exact) mass is 298 g/mol. The molecular weight excluding hydrogens is 280 g/mol. The van der Waals surface area contributed by atoms with Crippen molar-refractivity contribution in [2.24, 2.45) is 0 Å². The van der Waals surface area contributed by atoms with Crippen LogP contribution >= 0.6 is 0 Å². The Morgan fingerprint density at radius 3 is 2.14 bits per heavy atom. The fourth-order valence-corrected chi connectivity index (χ4v) is 1.97. The molecule has 0 unspecified atom stereocenters. The van der Waals surface area contributed by atoms with Gasteiger partial charge < -0.3 is 15.7 Å². The number of amides is 2. The summed E-state index contributed by atoms with van der Waals surface area (Å²) < 4.78 is 0. The Morgan fingerprint density at radius 2 is 1.50 bits per heavy atom. The molecule has 0 atom stereocenters. The van der Waals surface area contributed by atoms with Crippen LogP contribution in [-0.4, -0.2) is 16.9 Å². The van der Waals surface area contributed by atoms with Crippen molar-refractivity contribution < 1.29 is 14.7 Å². The number of phenolic OH excluding ortho intramolecular Hbond substituents is 1.